The molecule has 0 aliphatic carbocycles. The molecule has 2 rings (SSSR count). The minimum absolute atomic E-state index is 0.614. The van der Waals surface area contributed by atoms with Crippen LogP contribution in [0, 0.1) is 17.2 Å². The third kappa shape index (κ3) is 2.45. The van der Waals surface area contributed by atoms with Gasteiger partial charge in [0.15, 0.2) is 0 Å². The first-order chi connectivity index (χ1) is 7.40. The Morgan fingerprint density at radius 2 is 2.60 bits per heavy atom. The van der Waals surface area contributed by atoms with Crippen molar-refractivity contribution in [3.05, 3.63) is 23.9 Å². The number of aromatic nitrogens is 1. The van der Waals surface area contributed by atoms with Crippen LogP contribution in [0.15, 0.2) is 18.3 Å². The van der Waals surface area contributed by atoms with Gasteiger partial charge in [-0.3, -0.25) is 0 Å². The molecule has 0 saturated carbocycles. The first-order valence-corrected chi connectivity index (χ1v) is 5.20. The maximum absolute atomic E-state index is 8.87. The Kier molecular flexibility index (Phi) is 3.15. The highest BCUT2D eigenvalue weighted by Crippen LogP contribution is 2.12. The van der Waals surface area contributed by atoms with Crippen LogP contribution < -0.4 is 10.6 Å². The van der Waals surface area contributed by atoms with E-state index in [0.29, 0.717) is 17.3 Å². The zero-order chi connectivity index (χ0) is 10.5. The summed E-state index contributed by atoms with van der Waals surface area (Å²) in [6, 6.07) is 5.69. The van der Waals surface area contributed by atoms with Crippen LogP contribution in [-0.4, -0.2) is 24.6 Å². The van der Waals surface area contributed by atoms with E-state index in [0.717, 1.165) is 19.6 Å². The maximum Gasteiger partial charge on any atom is 0.143 e. The molecule has 1 aliphatic heterocycles. The molecule has 1 aliphatic rings. The molecule has 1 fully saturated rings. The van der Waals surface area contributed by atoms with Crippen molar-refractivity contribution in [3.63, 3.8) is 0 Å². The Hall–Kier alpha value is -1.60. The smallest absolute Gasteiger partial charge is 0.143 e. The van der Waals surface area contributed by atoms with Crippen molar-refractivity contribution in [3.8, 4) is 6.07 Å². The van der Waals surface area contributed by atoms with E-state index in [-0.39, 0.29) is 0 Å². The monoisotopic (exact) mass is 202 g/mol. The average Bonchev–Trinajstić information content (AvgIpc) is 2.79. The number of nitrogens with one attached hydrogen (secondary N) is 2. The molecule has 0 radical (unpaired) electrons. The Balaban J connectivity index is 1.95. The fourth-order valence-electron chi connectivity index (χ4n) is 1.77. The third-order valence-electron chi connectivity index (χ3n) is 2.65. The molecule has 1 atom stereocenters. The molecular formula is C11H14N4. The van der Waals surface area contributed by atoms with Crippen LogP contribution in [-0.2, 0) is 0 Å². The number of anilines is 1. The summed E-state index contributed by atoms with van der Waals surface area (Å²) in [5.74, 6) is 1.35. The Morgan fingerprint density at radius 1 is 1.67 bits per heavy atom. The average molecular weight is 202 g/mol. The van der Waals surface area contributed by atoms with Gasteiger partial charge in [0, 0.05) is 12.7 Å². The number of hydrogen-bond donors (Lipinski definition) is 2. The van der Waals surface area contributed by atoms with Crippen molar-refractivity contribution >= 4 is 5.82 Å². The van der Waals surface area contributed by atoms with Crippen molar-refractivity contribution < 1.29 is 0 Å². The Bertz CT molecular complexity index is 363. The zero-order valence-electron chi connectivity index (χ0n) is 8.53. The summed E-state index contributed by atoms with van der Waals surface area (Å²) in [5, 5.41) is 15.4. The summed E-state index contributed by atoms with van der Waals surface area (Å²) in [7, 11) is 0. The highest BCUT2D eigenvalue weighted by molar-refractivity contribution is 5.51. The fraction of sp³-hybridized carbons (Fsp3) is 0.455. The highest BCUT2D eigenvalue weighted by Gasteiger charge is 2.14. The molecule has 2 heterocycles. The summed E-state index contributed by atoms with van der Waals surface area (Å²) in [6.07, 6.45) is 2.90. The van der Waals surface area contributed by atoms with Crippen molar-refractivity contribution in [2.75, 3.05) is 25.0 Å². The summed E-state index contributed by atoms with van der Waals surface area (Å²) in [6.45, 7) is 3.04. The van der Waals surface area contributed by atoms with E-state index in [1.54, 1.807) is 18.3 Å². The molecule has 0 amide bonds. The van der Waals surface area contributed by atoms with Crippen molar-refractivity contribution in [1.82, 2.24) is 10.3 Å². The molecule has 78 valence electrons. The number of pyridine rings is 1. The first-order valence-electron chi connectivity index (χ1n) is 5.20. The highest BCUT2D eigenvalue weighted by atomic mass is 15.0. The number of nitriles is 1. The van der Waals surface area contributed by atoms with E-state index in [2.05, 4.69) is 21.7 Å². The third-order valence-corrected chi connectivity index (χ3v) is 2.65. The van der Waals surface area contributed by atoms with E-state index in [1.165, 1.54) is 6.42 Å². The van der Waals surface area contributed by atoms with Gasteiger partial charge < -0.3 is 10.6 Å². The van der Waals surface area contributed by atoms with Crippen LogP contribution in [0.2, 0.25) is 0 Å². The Morgan fingerprint density at radius 3 is 3.33 bits per heavy atom. The topological polar surface area (TPSA) is 60.7 Å². The number of nitrogens with zero attached hydrogens (tertiary/aromatic N) is 2. The normalized spacial score (nSPS) is 19.8. The minimum atomic E-state index is 0.614. The summed E-state index contributed by atoms with van der Waals surface area (Å²) in [4.78, 5) is 4.16. The van der Waals surface area contributed by atoms with E-state index in [4.69, 9.17) is 5.26 Å². The first kappa shape index (κ1) is 9.94. The second-order valence-corrected chi connectivity index (χ2v) is 3.75. The van der Waals surface area contributed by atoms with E-state index in [9.17, 15) is 0 Å². The van der Waals surface area contributed by atoms with Crippen molar-refractivity contribution in [2.45, 2.75) is 6.42 Å². The van der Waals surface area contributed by atoms with Gasteiger partial charge in [-0.2, -0.15) is 5.26 Å². The minimum Gasteiger partial charge on any atom is -0.369 e. The van der Waals surface area contributed by atoms with Crippen LogP contribution in [0.5, 0.6) is 0 Å². The number of rotatable bonds is 3. The lowest BCUT2D eigenvalue weighted by molar-refractivity contribution is 0.614. The standard InChI is InChI=1S/C11H14N4/c12-6-10-2-1-4-14-11(10)15-8-9-3-5-13-7-9/h1-2,4,9,13H,3,5,7-8H2,(H,14,15)/t9-/m0/s1. The lowest BCUT2D eigenvalue weighted by Gasteiger charge is -2.10. The van der Waals surface area contributed by atoms with E-state index in [1.807, 2.05) is 0 Å². The van der Waals surface area contributed by atoms with Gasteiger partial charge >= 0.3 is 0 Å². The van der Waals surface area contributed by atoms with Gasteiger partial charge in [0.25, 0.3) is 0 Å². The maximum atomic E-state index is 8.87. The van der Waals surface area contributed by atoms with Gasteiger partial charge in [-0.25, -0.2) is 4.98 Å². The van der Waals surface area contributed by atoms with Gasteiger partial charge in [0.05, 0.1) is 5.56 Å². The van der Waals surface area contributed by atoms with Gasteiger partial charge in [0.2, 0.25) is 0 Å². The molecule has 4 nitrogen and oxygen atoms in total. The molecule has 1 aromatic rings. The lowest BCUT2D eigenvalue weighted by Crippen LogP contribution is -2.18. The predicted molar refractivity (Wildman–Crippen MR) is 58.4 cm³/mol. The second-order valence-electron chi connectivity index (χ2n) is 3.75. The van der Waals surface area contributed by atoms with Crippen LogP contribution in [0.1, 0.15) is 12.0 Å². The Labute approximate surface area is 89.3 Å². The van der Waals surface area contributed by atoms with Gasteiger partial charge in [-0.15, -0.1) is 0 Å². The molecule has 0 bridgehead atoms. The predicted octanol–water partition coefficient (Wildman–Crippen LogP) is 0.975. The summed E-state index contributed by atoms with van der Waals surface area (Å²) >= 11 is 0. The molecule has 0 aromatic carbocycles. The SMILES string of the molecule is N#Cc1cccnc1NC[C@H]1CCNC1. The molecule has 1 saturated heterocycles. The molecular weight excluding hydrogens is 188 g/mol. The van der Waals surface area contributed by atoms with Crippen molar-refractivity contribution in [2.24, 2.45) is 5.92 Å². The van der Waals surface area contributed by atoms with Gasteiger partial charge in [-0.1, -0.05) is 0 Å². The zero-order valence-corrected chi connectivity index (χ0v) is 8.53. The lowest BCUT2D eigenvalue weighted by atomic mass is 10.1. The van der Waals surface area contributed by atoms with Crippen LogP contribution in [0.25, 0.3) is 0 Å². The summed E-state index contributed by atoms with van der Waals surface area (Å²) < 4.78 is 0. The molecule has 4 heteroatoms. The molecule has 2 N–H and O–H groups in total. The molecule has 1 aromatic heterocycles. The second kappa shape index (κ2) is 4.76. The molecule has 0 unspecified atom stereocenters. The van der Waals surface area contributed by atoms with Gasteiger partial charge in [-0.05, 0) is 37.6 Å². The van der Waals surface area contributed by atoms with Crippen LogP contribution in [0.3, 0.4) is 0 Å². The molecule has 0 spiro atoms. The van der Waals surface area contributed by atoms with E-state index >= 15 is 0 Å². The summed E-state index contributed by atoms with van der Waals surface area (Å²) in [5.41, 5.74) is 0.614. The van der Waals surface area contributed by atoms with Crippen LogP contribution >= 0.6 is 0 Å². The van der Waals surface area contributed by atoms with Crippen molar-refractivity contribution in [1.29, 1.82) is 5.26 Å². The molecule has 15 heavy (non-hydrogen) atoms. The number of hydrogen-bond acceptors (Lipinski definition) is 4. The fourth-order valence-corrected chi connectivity index (χ4v) is 1.77. The van der Waals surface area contributed by atoms with Crippen LogP contribution in [0.4, 0.5) is 5.82 Å². The largest absolute Gasteiger partial charge is 0.369 e. The van der Waals surface area contributed by atoms with E-state index < -0.39 is 0 Å². The quantitative estimate of drug-likeness (QED) is 0.767. The van der Waals surface area contributed by atoms with Gasteiger partial charge in [0.1, 0.15) is 11.9 Å².